The normalized spacial score (nSPS) is 10.0. The lowest BCUT2D eigenvalue weighted by molar-refractivity contribution is 0.611. The molecule has 18 heavy (non-hydrogen) atoms. The second-order valence-corrected chi connectivity index (χ2v) is 5.09. The fourth-order valence-electron chi connectivity index (χ4n) is 1.50. The summed E-state index contributed by atoms with van der Waals surface area (Å²) in [5.74, 6) is 1.10. The summed E-state index contributed by atoms with van der Waals surface area (Å²) in [6.45, 7) is 9.69. The third-order valence-electron chi connectivity index (χ3n) is 2.75. The molecular weight excluding hydrogens is 238 g/mol. The Morgan fingerprint density at radius 1 is 0.722 bits per heavy atom. The third-order valence-corrected chi connectivity index (χ3v) is 3.17. The lowest BCUT2D eigenvalue weighted by atomic mass is 10.3. The van der Waals surface area contributed by atoms with Crippen molar-refractivity contribution in [1.82, 2.24) is 16.0 Å². The Hall–Kier alpha value is -0.643. The Balaban J connectivity index is 4.16. The van der Waals surface area contributed by atoms with E-state index in [-0.39, 0.29) is 0 Å². The molecular formula is C14H30N3Si. The zero-order valence-electron chi connectivity index (χ0n) is 12.4. The molecule has 0 amide bonds. The van der Waals surface area contributed by atoms with Gasteiger partial charge in [-0.25, -0.2) is 0 Å². The molecule has 0 rings (SSSR count). The topological polar surface area (TPSA) is 36.1 Å². The van der Waals surface area contributed by atoms with Crippen LogP contribution in [-0.4, -0.2) is 29.9 Å². The summed E-state index contributed by atoms with van der Waals surface area (Å²) in [7, 11) is 3.68. The van der Waals surface area contributed by atoms with E-state index in [1.54, 1.807) is 0 Å². The molecule has 0 aliphatic rings. The second kappa shape index (κ2) is 12.8. The Bertz CT molecular complexity index is 205. The first kappa shape index (κ1) is 17.4. The van der Waals surface area contributed by atoms with Crippen molar-refractivity contribution in [2.45, 2.75) is 59.3 Å². The average Bonchev–Trinajstić information content (AvgIpc) is 2.37. The maximum atomic E-state index is 3.68. The van der Waals surface area contributed by atoms with Gasteiger partial charge in [-0.2, -0.15) is 0 Å². The van der Waals surface area contributed by atoms with E-state index in [1.165, 1.54) is 38.5 Å². The van der Waals surface area contributed by atoms with E-state index in [1.807, 2.05) is 0 Å². The van der Waals surface area contributed by atoms with Gasteiger partial charge in [0.2, 0.25) is 0 Å². The lowest BCUT2D eigenvalue weighted by Crippen LogP contribution is -2.33. The van der Waals surface area contributed by atoms with Crippen molar-refractivity contribution in [2.24, 2.45) is 0 Å². The molecule has 0 aliphatic heterocycles. The predicted molar refractivity (Wildman–Crippen MR) is 81.5 cm³/mol. The van der Waals surface area contributed by atoms with Gasteiger partial charge >= 0.3 is 0 Å². The minimum atomic E-state index is 1.02. The summed E-state index contributed by atoms with van der Waals surface area (Å²) in [6.07, 6.45) is 7.26. The molecule has 0 fully saturated rings. The summed E-state index contributed by atoms with van der Waals surface area (Å²) >= 11 is 0. The molecule has 3 N–H and O–H groups in total. The van der Waals surface area contributed by atoms with Crippen LogP contribution in [-0.2, 0) is 0 Å². The lowest BCUT2D eigenvalue weighted by Gasteiger charge is -2.18. The van der Waals surface area contributed by atoms with Crippen molar-refractivity contribution in [3.05, 3.63) is 11.1 Å². The van der Waals surface area contributed by atoms with Crippen LogP contribution in [0.1, 0.15) is 59.3 Å². The van der Waals surface area contributed by atoms with Gasteiger partial charge < -0.3 is 16.0 Å². The summed E-state index contributed by atoms with van der Waals surface area (Å²) in [5, 5.41) is 11.4. The van der Waals surface area contributed by atoms with Gasteiger partial charge in [0.25, 0.3) is 0 Å². The van der Waals surface area contributed by atoms with Crippen LogP contribution in [0.25, 0.3) is 0 Å². The smallest absolute Gasteiger partial charge is 0.113 e. The molecule has 0 heterocycles. The summed E-state index contributed by atoms with van der Waals surface area (Å²) in [4.78, 5) is 0. The van der Waals surface area contributed by atoms with E-state index in [4.69, 9.17) is 0 Å². The van der Waals surface area contributed by atoms with E-state index in [9.17, 15) is 0 Å². The van der Waals surface area contributed by atoms with Crippen molar-refractivity contribution in [3.63, 3.8) is 0 Å². The molecule has 0 aromatic rings. The molecule has 0 aromatic carbocycles. The van der Waals surface area contributed by atoms with Crippen LogP contribution in [0.5, 0.6) is 0 Å². The minimum Gasteiger partial charge on any atom is -0.390 e. The fraction of sp³-hybridized carbons (Fsp3) is 0.857. The highest BCUT2D eigenvalue weighted by molar-refractivity contribution is 6.21. The summed E-state index contributed by atoms with van der Waals surface area (Å²) in [6, 6.07) is 0. The first-order valence-corrected chi connectivity index (χ1v) is 7.93. The van der Waals surface area contributed by atoms with Gasteiger partial charge in [-0.15, -0.1) is 0 Å². The predicted octanol–water partition coefficient (Wildman–Crippen LogP) is 2.45. The molecule has 0 spiro atoms. The van der Waals surface area contributed by atoms with E-state index in [0.717, 1.165) is 30.8 Å². The molecule has 0 saturated heterocycles. The number of unbranched alkanes of at least 4 members (excludes halogenated alkanes) is 3. The Kier molecular flexibility index (Phi) is 12.3. The van der Waals surface area contributed by atoms with Crippen molar-refractivity contribution < 1.29 is 0 Å². The van der Waals surface area contributed by atoms with Crippen molar-refractivity contribution in [3.8, 4) is 0 Å². The summed E-state index contributed by atoms with van der Waals surface area (Å²) < 4.78 is 0. The number of nitrogens with one attached hydrogen (secondary N) is 3. The first-order valence-electron chi connectivity index (χ1n) is 7.43. The van der Waals surface area contributed by atoms with Gasteiger partial charge in [0.15, 0.2) is 0 Å². The van der Waals surface area contributed by atoms with Crippen LogP contribution >= 0.6 is 0 Å². The summed E-state index contributed by atoms with van der Waals surface area (Å²) in [5.41, 5.74) is 0. The van der Waals surface area contributed by atoms with Gasteiger partial charge in [0.05, 0.1) is 0 Å². The van der Waals surface area contributed by atoms with E-state index in [2.05, 4.69) is 47.0 Å². The van der Waals surface area contributed by atoms with Gasteiger partial charge in [0, 0.05) is 25.0 Å². The Morgan fingerprint density at radius 3 is 1.50 bits per heavy atom. The van der Waals surface area contributed by atoms with Gasteiger partial charge in [-0.1, -0.05) is 40.0 Å². The first-order chi connectivity index (χ1) is 8.76. The molecule has 0 aromatic heterocycles. The van der Waals surface area contributed by atoms with E-state index < -0.39 is 0 Å². The zero-order valence-corrected chi connectivity index (χ0v) is 13.4. The molecule has 4 heteroatoms. The Morgan fingerprint density at radius 2 is 1.11 bits per heavy atom. The molecule has 0 atom stereocenters. The maximum Gasteiger partial charge on any atom is 0.113 e. The number of hydrogen-bond acceptors (Lipinski definition) is 3. The van der Waals surface area contributed by atoms with Crippen LogP contribution in [0.4, 0.5) is 0 Å². The monoisotopic (exact) mass is 268 g/mol. The molecule has 3 nitrogen and oxygen atoms in total. The van der Waals surface area contributed by atoms with Crippen LogP contribution < -0.4 is 16.0 Å². The van der Waals surface area contributed by atoms with Gasteiger partial charge in [0.1, 0.15) is 16.1 Å². The fourth-order valence-corrected chi connectivity index (χ4v) is 1.80. The standard InChI is InChI=1S/C14H30N3Si/c1-4-7-10-15-13(16-11-8-5-2)14(18)17-12-9-6-3/h15-17H,4-12H2,1-3H3. The second-order valence-electron chi connectivity index (χ2n) is 4.59. The SMILES string of the molecule is CCCCNC([Si])=C(NCCCC)NCCCC. The molecule has 3 radical (unpaired) electrons. The quantitative estimate of drug-likeness (QED) is 0.376. The van der Waals surface area contributed by atoms with E-state index in [0.29, 0.717) is 0 Å². The number of hydrogen-bond donors (Lipinski definition) is 3. The molecule has 0 bridgehead atoms. The molecule has 0 aliphatic carbocycles. The van der Waals surface area contributed by atoms with Crippen molar-refractivity contribution in [1.29, 1.82) is 0 Å². The molecule has 105 valence electrons. The van der Waals surface area contributed by atoms with Gasteiger partial charge in [-0.3, -0.25) is 0 Å². The zero-order chi connectivity index (χ0) is 13.6. The number of rotatable bonds is 12. The van der Waals surface area contributed by atoms with Crippen LogP contribution in [0.15, 0.2) is 11.1 Å². The van der Waals surface area contributed by atoms with Crippen LogP contribution in [0.2, 0.25) is 0 Å². The third kappa shape index (κ3) is 9.39. The van der Waals surface area contributed by atoms with Crippen LogP contribution in [0.3, 0.4) is 0 Å². The highest BCUT2D eigenvalue weighted by Gasteiger charge is 2.01. The van der Waals surface area contributed by atoms with Gasteiger partial charge in [-0.05, 0) is 19.3 Å². The highest BCUT2D eigenvalue weighted by Crippen LogP contribution is 1.95. The largest absolute Gasteiger partial charge is 0.390 e. The Labute approximate surface area is 117 Å². The van der Waals surface area contributed by atoms with Crippen LogP contribution in [0, 0.1) is 0 Å². The highest BCUT2D eigenvalue weighted by atomic mass is 28.1. The van der Waals surface area contributed by atoms with Crippen molar-refractivity contribution in [2.75, 3.05) is 19.6 Å². The average molecular weight is 269 g/mol. The van der Waals surface area contributed by atoms with Crippen molar-refractivity contribution >= 4 is 10.2 Å². The maximum absolute atomic E-state index is 3.68. The minimum absolute atomic E-state index is 1.02. The molecule has 0 saturated carbocycles. The van der Waals surface area contributed by atoms with E-state index >= 15 is 0 Å². The molecule has 0 unspecified atom stereocenters.